The van der Waals surface area contributed by atoms with Gasteiger partial charge < -0.3 is 14.0 Å². The van der Waals surface area contributed by atoms with E-state index in [2.05, 4.69) is 265 Å². The molecule has 0 saturated heterocycles. The van der Waals surface area contributed by atoms with Crippen LogP contribution in [-0.4, -0.2) is 15.8 Å². The summed E-state index contributed by atoms with van der Waals surface area (Å²) in [4.78, 5) is 5.35. The molecule has 2 aromatic heterocycles. The van der Waals surface area contributed by atoms with Gasteiger partial charge in [-0.25, -0.2) is 0 Å². The molecule has 0 fully saturated rings. The van der Waals surface area contributed by atoms with Gasteiger partial charge in [-0.05, 0) is 152 Å². The molecule has 5 heteroatoms. The molecule has 13 rings (SSSR count). The zero-order valence-corrected chi connectivity index (χ0v) is 46.1. The Balaban J connectivity index is 1.08. The topological polar surface area (TPSA) is 13.1 Å². The smallest absolute Gasteiger partial charge is 0.249 e. The highest BCUT2D eigenvalue weighted by Gasteiger charge is 2.43. The van der Waals surface area contributed by atoms with Crippen LogP contribution in [0.5, 0.6) is 0 Å². The van der Waals surface area contributed by atoms with Crippen molar-refractivity contribution < 1.29 is 0 Å². The minimum absolute atomic E-state index is 0.0194. The lowest BCUT2D eigenvalue weighted by Gasteiger charge is -2.42. The van der Waals surface area contributed by atoms with E-state index in [1.165, 1.54) is 132 Å². The highest BCUT2D eigenvalue weighted by Crippen LogP contribution is 2.48. The molecule has 0 bridgehead atoms. The van der Waals surface area contributed by atoms with Crippen molar-refractivity contribution in [2.24, 2.45) is 0 Å². The van der Waals surface area contributed by atoms with Crippen molar-refractivity contribution in [1.82, 2.24) is 9.13 Å². The third-order valence-electron chi connectivity index (χ3n) is 16.4. The molecule has 370 valence electrons. The molecule has 3 nitrogen and oxygen atoms in total. The average Bonchev–Trinajstić information content (AvgIpc) is 3.98. The second-order valence-electron chi connectivity index (χ2n) is 24.5. The van der Waals surface area contributed by atoms with E-state index in [0.717, 1.165) is 19.3 Å². The monoisotopic (exact) mass is 992 g/mol. The number of unbranched alkanes of at least 4 members (excludes halogenated alkanes) is 1. The standard InChI is InChI=1S/C70H66BN3S/c1-11-12-20-45-27-28-46(44-21-14-13-15-22-44)37-62(45)74-63-42-50(72-58-25-18-16-23-52(58)54-38-47(68(2,3)4)29-35-60(54)72)31-33-56(63)71-57-34-32-51(43-65(57)75-66-41-49(70(8,9)10)40-64(74)67(66)71)73-59-26-19-17-24-53(59)55-39-48(69(5,6)7)30-36-61(55)73/h13-19,21-43H,11-12,20H2,1-10H3. The summed E-state index contributed by atoms with van der Waals surface area (Å²) in [7, 11) is 0. The zero-order valence-electron chi connectivity index (χ0n) is 45.3. The van der Waals surface area contributed by atoms with E-state index in [9.17, 15) is 0 Å². The maximum absolute atomic E-state index is 2.69. The molecule has 0 atom stereocenters. The summed E-state index contributed by atoms with van der Waals surface area (Å²) >= 11 is 1.96. The number of rotatable bonds is 7. The third kappa shape index (κ3) is 7.78. The lowest BCUT2D eigenvalue weighted by Crippen LogP contribution is -2.60. The van der Waals surface area contributed by atoms with Gasteiger partial charge in [0.25, 0.3) is 0 Å². The molecule has 0 N–H and O–H groups in total. The maximum atomic E-state index is 2.69. The molecule has 0 unspecified atom stereocenters. The van der Waals surface area contributed by atoms with Gasteiger partial charge in [-0.3, -0.25) is 0 Å². The van der Waals surface area contributed by atoms with Crippen molar-refractivity contribution in [3.05, 3.63) is 204 Å². The van der Waals surface area contributed by atoms with Crippen molar-refractivity contribution in [3.63, 3.8) is 0 Å². The molecular formula is C70H66BN3S. The van der Waals surface area contributed by atoms with Crippen molar-refractivity contribution >= 4 is 95.5 Å². The Labute approximate surface area is 448 Å². The number of aryl methyl sites for hydroxylation is 1. The van der Waals surface area contributed by atoms with Gasteiger partial charge in [-0.15, -0.1) is 0 Å². The number of nitrogens with zero attached hydrogens (tertiary/aromatic N) is 3. The Morgan fingerprint density at radius 3 is 1.57 bits per heavy atom. The fourth-order valence-corrected chi connectivity index (χ4v) is 13.5. The van der Waals surface area contributed by atoms with E-state index in [-0.39, 0.29) is 23.0 Å². The first-order chi connectivity index (χ1) is 36.0. The summed E-state index contributed by atoms with van der Waals surface area (Å²) in [5.41, 5.74) is 23.0. The number of hydrogen-bond acceptors (Lipinski definition) is 2. The molecule has 0 aliphatic carbocycles. The normalized spacial score (nSPS) is 13.5. The summed E-state index contributed by atoms with van der Waals surface area (Å²) in [6, 6.07) is 70.3. The highest BCUT2D eigenvalue weighted by molar-refractivity contribution is 8.00. The van der Waals surface area contributed by atoms with E-state index in [1.54, 1.807) is 0 Å². The van der Waals surface area contributed by atoms with Gasteiger partial charge in [0.1, 0.15) is 0 Å². The molecule has 4 heterocycles. The van der Waals surface area contributed by atoms with Gasteiger partial charge in [-0.2, -0.15) is 0 Å². The van der Waals surface area contributed by atoms with Crippen LogP contribution in [0, 0.1) is 0 Å². The van der Waals surface area contributed by atoms with E-state index in [4.69, 9.17) is 0 Å². The number of aromatic nitrogens is 2. The van der Waals surface area contributed by atoms with Crippen LogP contribution in [0.25, 0.3) is 66.1 Å². The van der Waals surface area contributed by atoms with Gasteiger partial charge in [0.15, 0.2) is 0 Å². The molecule has 0 spiro atoms. The van der Waals surface area contributed by atoms with Gasteiger partial charge in [-0.1, -0.05) is 196 Å². The third-order valence-corrected chi connectivity index (χ3v) is 17.6. The van der Waals surface area contributed by atoms with Crippen LogP contribution in [0.3, 0.4) is 0 Å². The van der Waals surface area contributed by atoms with Crippen molar-refractivity contribution in [2.75, 3.05) is 4.90 Å². The number of hydrogen-bond donors (Lipinski definition) is 0. The van der Waals surface area contributed by atoms with Gasteiger partial charge >= 0.3 is 0 Å². The molecule has 2 aliphatic rings. The molecule has 2 aliphatic heterocycles. The Kier molecular flexibility index (Phi) is 11.0. The van der Waals surface area contributed by atoms with Crippen LogP contribution in [0.15, 0.2) is 192 Å². The minimum Gasteiger partial charge on any atom is -0.311 e. The quantitative estimate of drug-likeness (QED) is 0.148. The van der Waals surface area contributed by atoms with Gasteiger partial charge in [0, 0.05) is 59.8 Å². The van der Waals surface area contributed by atoms with Crippen LogP contribution in [0.2, 0.25) is 0 Å². The fraction of sp³-hybridized carbons (Fsp3) is 0.229. The van der Waals surface area contributed by atoms with Crippen LogP contribution in [0.1, 0.15) is 104 Å². The number of fused-ring (bicyclic) bond motifs is 10. The second kappa shape index (κ2) is 17.4. The zero-order chi connectivity index (χ0) is 51.7. The van der Waals surface area contributed by atoms with Crippen molar-refractivity contribution in [2.45, 2.75) is 115 Å². The Morgan fingerprint density at radius 2 is 0.973 bits per heavy atom. The SMILES string of the molecule is CCCCc1ccc(-c2ccccc2)cc1N1c2cc(-n3c4ccccc4c4cc(C(C)(C)C)ccc43)ccc2B2c3ccc(-n4c5ccccc5c5cc(C(C)(C)C)ccc54)cc3Sc3cc(C(C)(C)C)cc1c32. The van der Waals surface area contributed by atoms with Crippen LogP contribution in [-0.2, 0) is 22.7 Å². The van der Waals surface area contributed by atoms with Crippen LogP contribution < -0.4 is 21.3 Å². The van der Waals surface area contributed by atoms with Gasteiger partial charge in [0.2, 0.25) is 6.71 Å². The van der Waals surface area contributed by atoms with E-state index >= 15 is 0 Å². The number of para-hydroxylation sites is 2. The first-order valence-electron chi connectivity index (χ1n) is 27.3. The number of anilines is 3. The van der Waals surface area contributed by atoms with Crippen LogP contribution in [0.4, 0.5) is 17.1 Å². The van der Waals surface area contributed by atoms with Crippen LogP contribution >= 0.6 is 11.8 Å². The van der Waals surface area contributed by atoms with Crippen molar-refractivity contribution in [1.29, 1.82) is 0 Å². The maximum Gasteiger partial charge on any atom is 0.249 e. The number of benzene rings is 9. The van der Waals surface area contributed by atoms with E-state index < -0.39 is 0 Å². The van der Waals surface area contributed by atoms with Crippen molar-refractivity contribution in [3.8, 4) is 22.5 Å². The molecule has 9 aromatic carbocycles. The Bertz CT molecular complexity index is 4100. The molecule has 75 heavy (non-hydrogen) atoms. The molecule has 0 radical (unpaired) electrons. The predicted molar refractivity (Wildman–Crippen MR) is 325 cm³/mol. The lowest BCUT2D eigenvalue weighted by atomic mass is 9.34. The summed E-state index contributed by atoms with van der Waals surface area (Å²) in [5, 5.41) is 5.17. The first-order valence-corrected chi connectivity index (χ1v) is 28.1. The first kappa shape index (κ1) is 47.5. The summed E-state index contributed by atoms with van der Waals surface area (Å²) in [6.07, 6.45) is 3.25. The molecule has 0 saturated carbocycles. The minimum atomic E-state index is -0.0990. The highest BCUT2D eigenvalue weighted by atomic mass is 32.2. The predicted octanol–water partition coefficient (Wildman–Crippen LogP) is 17.5. The summed E-state index contributed by atoms with van der Waals surface area (Å²) in [6.45, 7) is 23.3. The fourth-order valence-electron chi connectivity index (χ4n) is 12.3. The Morgan fingerprint density at radius 1 is 0.413 bits per heavy atom. The van der Waals surface area contributed by atoms with Gasteiger partial charge in [0.05, 0.1) is 22.1 Å². The lowest BCUT2D eigenvalue weighted by molar-refractivity contribution is 0.589. The molecular weight excluding hydrogens is 926 g/mol. The summed E-state index contributed by atoms with van der Waals surface area (Å²) in [5.74, 6) is 0. The van der Waals surface area contributed by atoms with E-state index in [1.807, 2.05) is 11.8 Å². The largest absolute Gasteiger partial charge is 0.311 e. The average molecular weight is 992 g/mol. The summed E-state index contributed by atoms with van der Waals surface area (Å²) < 4.78 is 5.02. The molecule has 0 amide bonds. The second-order valence-corrected chi connectivity index (χ2v) is 25.6. The van der Waals surface area contributed by atoms with E-state index in [0.29, 0.717) is 0 Å². The Hall–Kier alpha value is -7.21. The molecule has 11 aromatic rings.